The fraction of sp³-hybridized carbons (Fsp3) is 0.450. The summed E-state index contributed by atoms with van der Waals surface area (Å²) in [6.07, 6.45) is 2.63. The molecule has 0 unspecified atom stereocenters. The Morgan fingerprint density at radius 3 is 2.47 bits per heavy atom. The Morgan fingerprint density at radius 1 is 1.16 bits per heavy atom. The van der Waals surface area contributed by atoms with Crippen molar-refractivity contribution >= 4 is 17.8 Å². The summed E-state index contributed by atoms with van der Waals surface area (Å²) in [4.78, 5) is 36.0. The minimum Gasteiger partial charge on any atom is -0.475 e. The number of alkyl halides is 3. The quantitative estimate of drug-likeness (QED) is 0.728. The maximum Gasteiger partial charge on any atom is 0.490 e. The first kappa shape index (κ1) is 23.4. The van der Waals surface area contributed by atoms with E-state index in [4.69, 9.17) is 14.6 Å². The van der Waals surface area contributed by atoms with Crippen molar-refractivity contribution in [3.8, 4) is 0 Å². The zero-order chi connectivity index (χ0) is 23.2. The van der Waals surface area contributed by atoms with Gasteiger partial charge in [-0.3, -0.25) is 9.78 Å². The standard InChI is InChI=1S/C18H21N5O2.C2HF3O2/c24-16(15-4-1-2-7-19-15)23-10-6-18(13-23)12-14(5-11-25-18)22-17-20-8-3-9-21-17;3-2(4,5)1(6)7/h1-4,7-9,14H,5-6,10-13H2,(H,20,21,22);(H,6,7)/t14-,18-;/m1./s1. The number of amides is 1. The molecule has 4 heterocycles. The van der Waals surface area contributed by atoms with Crippen molar-refractivity contribution < 1.29 is 32.6 Å². The van der Waals surface area contributed by atoms with E-state index >= 15 is 0 Å². The van der Waals surface area contributed by atoms with Crippen molar-refractivity contribution in [2.75, 3.05) is 25.0 Å². The average molecular weight is 453 g/mol. The van der Waals surface area contributed by atoms with Crippen LogP contribution in [0.2, 0.25) is 0 Å². The summed E-state index contributed by atoms with van der Waals surface area (Å²) >= 11 is 0. The van der Waals surface area contributed by atoms with Crippen LogP contribution in [-0.2, 0) is 9.53 Å². The van der Waals surface area contributed by atoms with Crippen LogP contribution >= 0.6 is 0 Å². The number of nitrogens with zero attached hydrogens (tertiary/aromatic N) is 4. The van der Waals surface area contributed by atoms with Gasteiger partial charge in [0.15, 0.2) is 0 Å². The van der Waals surface area contributed by atoms with Crippen molar-refractivity contribution in [3.63, 3.8) is 0 Å². The Hall–Kier alpha value is -3.28. The molecule has 0 aliphatic carbocycles. The minimum atomic E-state index is -5.08. The van der Waals surface area contributed by atoms with Crippen molar-refractivity contribution in [2.24, 2.45) is 0 Å². The number of aromatic nitrogens is 3. The van der Waals surface area contributed by atoms with E-state index in [2.05, 4.69) is 20.3 Å². The SMILES string of the molecule is O=C(O)C(F)(F)F.O=C(c1ccccn1)N1CC[C@@]2(C[C@H](Nc3ncccn3)CCO2)C1. The highest BCUT2D eigenvalue weighted by molar-refractivity contribution is 5.92. The van der Waals surface area contributed by atoms with Crippen molar-refractivity contribution in [3.05, 3.63) is 48.5 Å². The molecule has 1 amide bonds. The van der Waals surface area contributed by atoms with Crippen LogP contribution in [0.25, 0.3) is 0 Å². The van der Waals surface area contributed by atoms with E-state index < -0.39 is 12.1 Å². The maximum absolute atomic E-state index is 12.6. The van der Waals surface area contributed by atoms with E-state index in [0.717, 1.165) is 19.3 Å². The Kier molecular flexibility index (Phi) is 7.23. The molecule has 172 valence electrons. The minimum absolute atomic E-state index is 0.0254. The van der Waals surface area contributed by atoms with Gasteiger partial charge in [-0.25, -0.2) is 14.8 Å². The number of anilines is 1. The summed E-state index contributed by atoms with van der Waals surface area (Å²) in [5.74, 6) is -2.14. The number of hydrogen-bond donors (Lipinski definition) is 2. The van der Waals surface area contributed by atoms with E-state index in [1.165, 1.54) is 0 Å². The molecular weight excluding hydrogens is 431 g/mol. The Morgan fingerprint density at radius 2 is 1.84 bits per heavy atom. The van der Waals surface area contributed by atoms with Gasteiger partial charge in [0.25, 0.3) is 5.91 Å². The van der Waals surface area contributed by atoms with Crippen LogP contribution in [0.5, 0.6) is 0 Å². The molecule has 2 aliphatic rings. The molecule has 4 rings (SSSR count). The smallest absolute Gasteiger partial charge is 0.475 e. The number of nitrogens with one attached hydrogen (secondary N) is 1. The highest BCUT2D eigenvalue weighted by Crippen LogP contribution is 2.35. The van der Waals surface area contributed by atoms with E-state index in [0.29, 0.717) is 31.3 Å². The fourth-order valence-corrected chi connectivity index (χ4v) is 3.66. The van der Waals surface area contributed by atoms with Crippen molar-refractivity contribution in [2.45, 2.75) is 37.1 Å². The van der Waals surface area contributed by atoms with Crippen molar-refractivity contribution in [1.82, 2.24) is 19.9 Å². The normalized spacial score (nSPS) is 22.7. The highest BCUT2D eigenvalue weighted by Gasteiger charge is 2.45. The van der Waals surface area contributed by atoms with Crippen LogP contribution in [0.1, 0.15) is 29.8 Å². The number of carbonyl (C=O) groups excluding carboxylic acids is 1. The lowest BCUT2D eigenvalue weighted by molar-refractivity contribution is -0.192. The lowest BCUT2D eigenvalue weighted by atomic mass is 9.89. The number of carboxylic acids is 1. The summed E-state index contributed by atoms with van der Waals surface area (Å²) in [6, 6.07) is 7.46. The van der Waals surface area contributed by atoms with Crippen LogP contribution in [0.4, 0.5) is 19.1 Å². The van der Waals surface area contributed by atoms with Crippen LogP contribution < -0.4 is 5.32 Å². The summed E-state index contributed by atoms with van der Waals surface area (Å²) in [5, 5.41) is 10.5. The second kappa shape index (κ2) is 9.90. The monoisotopic (exact) mass is 453 g/mol. The molecule has 32 heavy (non-hydrogen) atoms. The number of carboxylic acid groups (broad SMARTS) is 1. The number of halogens is 3. The fourth-order valence-electron chi connectivity index (χ4n) is 3.66. The molecule has 2 fully saturated rings. The molecule has 2 aromatic rings. The number of likely N-dealkylation sites (tertiary alicyclic amines) is 1. The molecular formula is C20H22F3N5O4. The van der Waals surface area contributed by atoms with E-state index in [1.54, 1.807) is 30.7 Å². The third-order valence-corrected chi connectivity index (χ3v) is 5.12. The first-order chi connectivity index (χ1) is 15.2. The molecule has 2 aromatic heterocycles. The summed E-state index contributed by atoms with van der Waals surface area (Å²) < 4.78 is 37.9. The van der Waals surface area contributed by atoms with Gasteiger partial charge in [0.1, 0.15) is 5.69 Å². The van der Waals surface area contributed by atoms with Gasteiger partial charge in [-0.2, -0.15) is 13.2 Å². The summed E-state index contributed by atoms with van der Waals surface area (Å²) in [5.41, 5.74) is 0.206. The molecule has 2 atom stereocenters. The molecule has 2 saturated heterocycles. The summed E-state index contributed by atoms with van der Waals surface area (Å²) in [7, 11) is 0. The molecule has 1 spiro atoms. The molecule has 9 nitrogen and oxygen atoms in total. The predicted octanol–water partition coefficient (Wildman–Crippen LogP) is 2.38. The van der Waals surface area contributed by atoms with Gasteiger partial charge in [0.2, 0.25) is 5.95 Å². The van der Waals surface area contributed by atoms with Gasteiger partial charge in [-0.05, 0) is 37.5 Å². The van der Waals surface area contributed by atoms with Gasteiger partial charge in [0.05, 0.1) is 12.1 Å². The lowest BCUT2D eigenvalue weighted by Crippen LogP contribution is -2.47. The van der Waals surface area contributed by atoms with E-state index in [-0.39, 0.29) is 17.6 Å². The number of hydrogen-bond acceptors (Lipinski definition) is 7. The third-order valence-electron chi connectivity index (χ3n) is 5.12. The van der Waals surface area contributed by atoms with Crippen LogP contribution in [0.15, 0.2) is 42.9 Å². The molecule has 2 aliphatic heterocycles. The second-order valence-electron chi connectivity index (χ2n) is 7.43. The van der Waals surface area contributed by atoms with E-state index in [9.17, 15) is 18.0 Å². The van der Waals surface area contributed by atoms with Crippen LogP contribution in [0.3, 0.4) is 0 Å². The van der Waals surface area contributed by atoms with E-state index in [1.807, 2.05) is 17.0 Å². The number of aliphatic carboxylic acids is 1. The Labute approximate surface area is 181 Å². The van der Waals surface area contributed by atoms with Gasteiger partial charge in [-0.1, -0.05) is 6.07 Å². The lowest BCUT2D eigenvalue weighted by Gasteiger charge is -2.38. The van der Waals surface area contributed by atoms with Crippen LogP contribution in [-0.4, -0.2) is 74.4 Å². The summed E-state index contributed by atoms with van der Waals surface area (Å²) in [6.45, 7) is 1.98. The molecule has 2 N–H and O–H groups in total. The molecule has 12 heteroatoms. The Bertz CT molecular complexity index is 916. The molecule has 0 radical (unpaired) electrons. The van der Waals surface area contributed by atoms with Gasteiger partial charge >= 0.3 is 12.1 Å². The number of ether oxygens (including phenoxy) is 1. The topological polar surface area (TPSA) is 118 Å². The van der Waals surface area contributed by atoms with Gasteiger partial charge < -0.3 is 20.1 Å². The molecule has 0 aromatic carbocycles. The number of rotatable bonds is 3. The third kappa shape index (κ3) is 6.13. The average Bonchev–Trinajstić information content (AvgIpc) is 3.17. The maximum atomic E-state index is 12.6. The van der Waals surface area contributed by atoms with Gasteiger partial charge in [-0.15, -0.1) is 0 Å². The highest BCUT2D eigenvalue weighted by atomic mass is 19.4. The second-order valence-corrected chi connectivity index (χ2v) is 7.43. The molecule has 0 bridgehead atoms. The first-order valence-corrected chi connectivity index (χ1v) is 9.86. The zero-order valence-electron chi connectivity index (χ0n) is 17.0. The number of pyridine rings is 1. The van der Waals surface area contributed by atoms with Crippen molar-refractivity contribution in [1.29, 1.82) is 0 Å². The number of carbonyl (C=O) groups is 2. The largest absolute Gasteiger partial charge is 0.490 e. The molecule has 0 saturated carbocycles. The zero-order valence-corrected chi connectivity index (χ0v) is 17.0. The predicted molar refractivity (Wildman–Crippen MR) is 106 cm³/mol. The van der Waals surface area contributed by atoms with Crippen LogP contribution in [0, 0.1) is 0 Å². The first-order valence-electron chi connectivity index (χ1n) is 9.86. The van der Waals surface area contributed by atoms with Gasteiger partial charge in [0, 0.05) is 37.8 Å². The Balaban J connectivity index is 0.000000360.